The Kier molecular flexibility index (Phi) is 14.0. The molecule has 2 saturated carbocycles. The molecule has 0 aromatic carbocycles. The van der Waals surface area contributed by atoms with Gasteiger partial charge >= 0.3 is 0 Å². The van der Waals surface area contributed by atoms with E-state index in [1.807, 2.05) is 6.92 Å². The summed E-state index contributed by atoms with van der Waals surface area (Å²) in [6, 6.07) is 0. The summed E-state index contributed by atoms with van der Waals surface area (Å²) in [4.78, 5) is 21.2. The Morgan fingerprint density at radius 1 is 1.09 bits per heavy atom. The molecule has 5 heteroatoms. The molecular formula is C18H37NO4. The van der Waals surface area contributed by atoms with Gasteiger partial charge in [-0.25, -0.2) is 0 Å². The maximum atomic E-state index is 10.8. The molecule has 3 N–H and O–H groups in total. The fourth-order valence-corrected chi connectivity index (χ4v) is 2.58. The second kappa shape index (κ2) is 14.6. The molecule has 23 heavy (non-hydrogen) atoms. The van der Waals surface area contributed by atoms with Crippen molar-refractivity contribution < 1.29 is 20.9 Å². The molecule has 0 saturated heterocycles. The van der Waals surface area contributed by atoms with Crippen LogP contribution in [0, 0.1) is 5.92 Å². The van der Waals surface area contributed by atoms with Crippen LogP contribution in [0.25, 0.3) is 0 Å². The molecule has 0 heterocycles. The predicted molar refractivity (Wildman–Crippen MR) is 94.1 cm³/mol. The number of aliphatic hydroxyl groups excluding tert-OH is 1. The second-order valence-electron chi connectivity index (χ2n) is 6.11. The molecule has 2 rings (SSSR count). The van der Waals surface area contributed by atoms with Crippen molar-refractivity contribution in [2.24, 2.45) is 11.7 Å². The van der Waals surface area contributed by atoms with E-state index in [1.165, 1.54) is 25.7 Å². The summed E-state index contributed by atoms with van der Waals surface area (Å²) in [5.41, 5.74) is 4.99. The van der Waals surface area contributed by atoms with Gasteiger partial charge in [0.1, 0.15) is 5.78 Å². The van der Waals surface area contributed by atoms with Crippen LogP contribution in [0.1, 0.15) is 79.5 Å². The Hall–Kier alpha value is -0.940. The van der Waals surface area contributed by atoms with E-state index in [9.17, 15) is 9.59 Å². The first-order chi connectivity index (χ1) is 11.0. The van der Waals surface area contributed by atoms with E-state index in [1.54, 1.807) is 6.92 Å². The van der Waals surface area contributed by atoms with Crippen molar-refractivity contribution in [2.45, 2.75) is 84.2 Å². The van der Waals surface area contributed by atoms with E-state index in [-0.39, 0.29) is 13.9 Å². The lowest BCUT2D eigenvalue weighted by Crippen LogP contribution is -2.20. The van der Waals surface area contributed by atoms with Crippen LogP contribution in [-0.2, 0) is 14.3 Å². The van der Waals surface area contributed by atoms with E-state index >= 15 is 0 Å². The van der Waals surface area contributed by atoms with Gasteiger partial charge in [0.05, 0.1) is 12.7 Å². The van der Waals surface area contributed by atoms with Crippen molar-refractivity contribution in [3.8, 4) is 0 Å². The molecule has 0 bridgehead atoms. The summed E-state index contributed by atoms with van der Waals surface area (Å²) in [5.74, 6) is 0.655. The van der Waals surface area contributed by atoms with Crippen LogP contribution in [0.2, 0.25) is 0 Å². The number of primary amides is 1. The summed E-state index contributed by atoms with van der Waals surface area (Å²) >= 11 is 0. The number of nitrogens with two attached hydrogens (primary N) is 1. The molecule has 2 aliphatic rings. The van der Waals surface area contributed by atoms with Gasteiger partial charge in [-0.05, 0) is 32.6 Å². The van der Waals surface area contributed by atoms with Gasteiger partial charge in [0, 0.05) is 26.8 Å². The lowest BCUT2D eigenvalue weighted by Gasteiger charge is -2.22. The van der Waals surface area contributed by atoms with Crippen molar-refractivity contribution in [1.29, 1.82) is 0 Å². The van der Waals surface area contributed by atoms with Crippen LogP contribution in [0.3, 0.4) is 0 Å². The Labute approximate surface area is 142 Å². The van der Waals surface area contributed by atoms with Crippen LogP contribution in [0.15, 0.2) is 0 Å². The number of carbonyl (C=O) groups is 2. The molecule has 0 aromatic rings. The topological polar surface area (TPSA) is 89.6 Å². The minimum Gasteiger partial charge on any atom is -0.397 e. The minimum absolute atomic E-state index is 0. The van der Waals surface area contributed by atoms with Gasteiger partial charge in [0.15, 0.2) is 0 Å². The Bertz CT molecular complexity index is 316. The van der Waals surface area contributed by atoms with E-state index < -0.39 is 0 Å². The number of carbonyl (C=O) groups excluding carboxylic acids is 2. The fourth-order valence-electron chi connectivity index (χ4n) is 2.58. The first-order valence-corrected chi connectivity index (χ1v) is 9.08. The average molecular weight is 331 g/mol. The first-order valence-electron chi connectivity index (χ1n) is 9.08. The van der Waals surface area contributed by atoms with E-state index in [4.69, 9.17) is 15.6 Å². The fraction of sp³-hybridized carbons (Fsp3) is 0.889. The van der Waals surface area contributed by atoms with Crippen molar-refractivity contribution >= 4 is 11.7 Å². The van der Waals surface area contributed by atoms with E-state index in [0.717, 1.165) is 32.1 Å². The highest BCUT2D eigenvalue weighted by Gasteiger charge is 2.22. The Morgan fingerprint density at radius 2 is 1.65 bits per heavy atom. The molecular weight excluding hydrogens is 294 g/mol. The molecule has 5 nitrogen and oxygen atoms in total. The molecule has 0 aromatic heterocycles. The maximum Gasteiger partial charge on any atom is 0.219 e. The molecule has 0 unspecified atom stereocenters. The zero-order valence-electron chi connectivity index (χ0n) is 14.9. The number of ether oxygens (including phenoxy) is 1. The standard InChI is InChI=1S/C9H17NO2.C7H12O.C2H6O.H2/c10-9(11)6-7-12-8-4-2-1-3-5-8;1-2-7(8)6-4-3-5-6;1-2-3;/h8H,1-7H2,(H2,10,11);6H,2-5H2,1H3;3H,2H2,1H3;1H. The highest BCUT2D eigenvalue weighted by Crippen LogP contribution is 2.27. The van der Waals surface area contributed by atoms with Crippen LogP contribution >= 0.6 is 0 Å². The van der Waals surface area contributed by atoms with Gasteiger partial charge in [-0.2, -0.15) is 0 Å². The van der Waals surface area contributed by atoms with Gasteiger partial charge in [0.2, 0.25) is 5.91 Å². The second-order valence-corrected chi connectivity index (χ2v) is 6.11. The highest BCUT2D eigenvalue weighted by molar-refractivity contribution is 5.81. The maximum absolute atomic E-state index is 10.8. The Balaban J connectivity index is 0. The molecule has 2 fully saturated rings. The largest absolute Gasteiger partial charge is 0.397 e. The number of ketones is 1. The summed E-state index contributed by atoms with van der Waals surface area (Å²) in [6.45, 7) is 4.38. The van der Waals surface area contributed by atoms with Gasteiger partial charge in [-0.15, -0.1) is 0 Å². The zero-order chi connectivity index (χ0) is 17.5. The number of hydrogen-bond acceptors (Lipinski definition) is 4. The Morgan fingerprint density at radius 3 is 2.00 bits per heavy atom. The van der Waals surface area contributed by atoms with Crippen molar-refractivity contribution in [2.75, 3.05) is 13.2 Å². The normalized spacial score (nSPS) is 17.9. The lowest BCUT2D eigenvalue weighted by molar-refractivity contribution is -0.124. The van der Waals surface area contributed by atoms with E-state index in [0.29, 0.717) is 30.8 Å². The zero-order valence-corrected chi connectivity index (χ0v) is 14.9. The smallest absolute Gasteiger partial charge is 0.219 e. The quantitative estimate of drug-likeness (QED) is 0.782. The van der Waals surface area contributed by atoms with Gasteiger partial charge in [0.25, 0.3) is 0 Å². The van der Waals surface area contributed by atoms with Crippen molar-refractivity contribution in [3.05, 3.63) is 0 Å². The summed E-state index contributed by atoms with van der Waals surface area (Å²) in [7, 11) is 0. The molecule has 0 atom stereocenters. The minimum atomic E-state index is -0.272. The van der Waals surface area contributed by atoms with Crippen molar-refractivity contribution in [1.82, 2.24) is 0 Å². The van der Waals surface area contributed by atoms with E-state index in [2.05, 4.69) is 0 Å². The number of Topliss-reactive ketones (excluding diaryl/α,β-unsaturated/α-hetero) is 1. The average Bonchev–Trinajstić information content (AvgIpc) is 2.47. The van der Waals surface area contributed by atoms with Crippen LogP contribution in [0.4, 0.5) is 0 Å². The van der Waals surface area contributed by atoms with Crippen LogP contribution in [0.5, 0.6) is 0 Å². The van der Waals surface area contributed by atoms with Gasteiger partial charge in [-0.3, -0.25) is 9.59 Å². The number of hydrogen-bond donors (Lipinski definition) is 2. The molecule has 1 amide bonds. The SMILES string of the molecule is CCC(=O)C1CCC1.CCO.NC(=O)CCOC1CCCCC1.[HH]. The first kappa shape index (κ1) is 22.1. The summed E-state index contributed by atoms with van der Waals surface area (Å²) in [5, 5.41) is 7.57. The monoisotopic (exact) mass is 331 g/mol. The number of rotatable bonds is 6. The molecule has 138 valence electrons. The summed E-state index contributed by atoms with van der Waals surface area (Å²) < 4.78 is 5.49. The molecule has 2 aliphatic carbocycles. The van der Waals surface area contributed by atoms with Crippen LogP contribution in [-0.4, -0.2) is 36.1 Å². The third-order valence-corrected chi connectivity index (χ3v) is 4.16. The summed E-state index contributed by atoms with van der Waals surface area (Å²) in [6.07, 6.45) is 11.2. The van der Waals surface area contributed by atoms with Crippen molar-refractivity contribution in [3.63, 3.8) is 0 Å². The number of amides is 1. The van der Waals surface area contributed by atoms with Crippen LogP contribution < -0.4 is 5.73 Å². The molecule has 0 aliphatic heterocycles. The third-order valence-electron chi connectivity index (χ3n) is 4.16. The lowest BCUT2D eigenvalue weighted by atomic mass is 9.81. The highest BCUT2D eigenvalue weighted by atomic mass is 16.5. The third kappa shape index (κ3) is 12.2. The molecule has 0 spiro atoms. The van der Waals surface area contributed by atoms with Gasteiger partial charge in [-0.1, -0.05) is 32.6 Å². The number of aliphatic hydroxyl groups is 1. The predicted octanol–water partition coefficient (Wildman–Crippen LogP) is 3.22. The van der Waals surface area contributed by atoms with Gasteiger partial charge < -0.3 is 15.6 Å². The molecule has 0 radical (unpaired) electrons.